The Bertz CT molecular complexity index is 412. The van der Waals surface area contributed by atoms with Crippen molar-refractivity contribution in [1.29, 1.82) is 0 Å². The first kappa shape index (κ1) is 12.1. The van der Waals surface area contributed by atoms with Gasteiger partial charge in [-0.25, -0.2) is 18.1 Å². The maximum absolute atomic E-state index is 11.3. The largest absolute Gasteiger partial charge is 0.392 e. The summed E-state index contributed by atoms with van der Waals surface area (Å²) in [5.74, 6) is 0.411. The Morgan fingerprint density at radius 1 is 1.67 bits per heavy atom. The van der Waals surface area contributed by atoms with Crippen LogP contribution in [0.15, 0.2) is 12.4 Å². The average Bonchev–Trinajstić information content (AvgIpc) is 2.53. The number of thiocarbonyl (C=S) groups is 1. The number of aromatic amines is 1. The van der Waals surface area contributed by atoms with E-state index in [1.807, 2.05) is 0 Å². The molecular weight excluding hydrogens is 236 g/mol. The van der Waals surface area contributed by atoms with Crippen molar-refractivity contribution in [2.75, 3.05) is 12.3 Å². The number of nitrogens with one attached hydrogen (secondary N) is 2. The third-order valence-corrected chi connectivity index (χ3v) is 3.23. The molecule has 15 heavy (non-hydrogen) atoms. The SMILES string of the molecule is NC(=S)CS(=O)(=O)NCCc1ncc[nH]1. The number of nitrogens with two attached hydrogens (primary N) is 1. The van der Waals surface area contributed by atoms with Gasteiger partial charge in [0.15, 0.2) is 0 Å². The number of imidazole rings is 1. The van der Waals surface area contributed by atoms with Gasteiger partial charge in [0.25, 0.3) is 0 Å². The van der Waals surface area contributed by atoms with Crippen LogP contribution in [0.4, 0.5) is 0 Å². The summed E-state index contributed by atoms with van der Waals surface area (Å²) in [6, 6.07) is 0. The normalized spacial score (nSPS) is 11.5. The lowest BCUT2D eigenvalue weighted by Gasteiger charge is -2.04. The lowest BCUT2D eigenvalue weighted by Crippen LogP contribution is -2.33. The molecule has 6 nitrogen and oxygen atoms in total. The highest BCUT2D eigenvalue weighted by Crippen LogP contribution is 1.90. The number of aromatic nitrogens is 2. The fourth-order valence-electron chi connectivity index (χ4n) is 0.998. The van der Waals surface area contributed by atoms with E-state index in [0.717, 1.165) is 5.82 Å². The summed E-state index contributed by atoms with van der Waals surface area (Å²) in [5, 5.41) is 0. The van der Waals surface area contributed by atoms with E-state index in [1.54, 1.807) is 12.4 Å². The van der Waals surface area contributed by atoms with Crippen LogP contribution in [0.5, 0.6) is 0 Å². The van der Waals surface area contributed by atoms with Crippen LogP contribution in [0.2, 0.25) is 0 Å². The van der Waals surface area contributed by atoms with E-state index in [-0.39, 0.29) is 17.3 Å². The first-order valence-corrected chi connectivity index (χ1v) is 6.29. The summed E-state index contributed by atoms with van der Waals surface area (Å²) in [4.78, 5) is 6.78. The van der Waals surface area contributed by atoms with Crippen molar-refractivity contribution in [2.45, 2.75) is 6.42 Å². The van der Waals surface area contributed by atoms with E-state index in [1.165, 1.54) is 0 Å². The molecule has 0 radical (unpaired) electrons. The third kappa shape index (κ3) is 4.86. The van der Waals surface area contributed by atoms with Crippen molar-refractivity contribution in [3.8, 4) is 0 Å². The number of rotatable bonds is 6. The minimum Gasteiger partial charge on any atom is -0.392 e. The topological polar surface area (TPSA) is 101 Å². The van der Waals surface area contributed by atoms with Crippen LogP contribution < -0.4 is 10.5 Å². The van der Waals surface area contributed by atoms with Gasteiger partial charge in [0, 0.05) is 25.4 Å². The molecule has 0 fully saturated rings. The van der Waals surface area contributed by atoms with Gasteiger partial charge >= 0.3 is 0 Å². The second-order valence-corrected chi connectivity index (χ2v) is 5.24. The molecule has 4 N–H and O–H groups in total. The fraction of sp³-hybridized carbons (Fsp3) is 0.429. The smallest absolute Gasteiger partial charge is 0.218 e. The van der Waals surface area contributed by atoms with Gasteiger partial charge in [0.1, 0.15) is 11.6 Å². The molecule has 84 valence electrons. The minimum atomic E-state index is -3.39. The van der Waals surface area contributed by atoms with E-state index in [0.29, 0.717) is 6.42 Å². The van der Waals surface area contributed by atoms with Gasteiger partial charge in [-0.15, -0.1) is 0 Å². The summed E-state index contributed by atoms with van der Waals surface area (Å²) in [6.45, 7) is 0.276. The van der Waals surface area contributed by atoms with E-state index in [2.05, 4.69) is 26.9 Å². The van der Waals surface area contributed by atoms with Gasteiger partial charge in [-0.3, -0.25) is 0 Å². The molecule has 8 heteroatoms. The molecule has 0 spiro atoms. The van der Waals surface area contributed by atoms with Crippen LogP contribution >= 0.6 is 12.2 Å². The summed E-state index contributed by atoms with van der Waals surface area (Å²) >= 11 is 4.51. The van der Waals surface area contributed by atoms with Gasteiger partial charge in [0.05, 0.1) is 4.99 Å². The zero-order valence-corrected chi connectivity index (χ0v) is 9.57. The van der Waals surface area contributed by atoms with Crippen LogP contribution in [0, 0.1) is 0 Å². The van der Waals surface area contributed by atoms with Crippen molar-refractivity contribution < 1.29 is 8.42 Å². The summed E-state index contributed by atoms with van der Waals surface area (Å²) in [5.41, 5.74) is 5.14. The third-order valence-electron chi connectivity index (χ3n) is 1.57. The Morgan fingerprint density at radius 2 is 2.40 bits per heavy atom. The zero-order chi connectivity index (χ0) is 11.3. The maximum atomic E-state index is 11.3. The van der Waals surface area contributed by atoms with Gasteiger partial charge in [-0.2, -0.15) is 0 Å². The molecule has 0 saturated carbocycles. The number of sulfonamides is 1. The quantitative estimate of drug-likeness (QED) is 0.570. The Hall–Kier alpha value is -0.990. The number of nitrogens with zero attached hydrogens (tertiary/aromatic N) is 1. The monoisotopic (exact) mass is 248 g/mol. The fourth-order valence-corrected chi connectivity index (χ4v) is 2.35. The summed E-state index contributed by atoms with van der Waals surface area (Å²) in [6.07, 6.45) is 3.79. The van der Waals surface area contributed by atoms with Crippen molar-refractivity contribution in [3.63, 3.8) is 0 Å². The predicted molar refractivity (Wildman–Crippen MR) is 60.9 cm³/mol. The molecule has 0 unspecified atom stereocenters. The Balaban J connectivity index is 2.34. The Labute approximate surface area is 93.3 Å². The molecule has 1 aromatic rings. The Morgan fingerprint density at radius 3 is 2.93 bits per heavy atom. The van der Waals surface area contributed by atoms with Crippen LogP contribution in [0.3, 0.4) is 0 Å². The van der Waals surface area contributed by atoms with Crippen LogP contribution in [0.1, 0.15) is 5.82 Å². The van der Waals surface area contributed by atoms with E-state index in [9.17, 15) is 8.42 Å². The summed E-state index contributed by atoms with van der Waals surface area (Å²) in [7, 11) is -3.39. The standard InChI is InChI=1S/C7H12N4O2S2/c8-6(14)5-15(12,13)11-2-1-7-9-3-4-10-7/h3-4,11H,1-2,5H2,(H2,8,14)(H,9,10). The molecule has 1 heterocycles. The molecule has 0 aliphatic carbocycles. The highest BCUT2D eigenvalue weighted by atomic mass is 32.2. The predicted octanol–water partition coefficient (Wildman–Crippen LogP) is -0.842. The molecule has 0 aliphatic rings. The van der Waals surface area contributed by atoms with Crippen molar-refractivity contribution in [1.82, 2.24) is 14.7 Å². The molecule has 1 rings (SSSR count). The maximum Gasteiger partial charge on any atom is 0.218 e. The highest BCUT2D eigenvalue weighted by Gasteiger charge is 2.10. The molecule has 0 atom stereocenters. The van der Waals surface area contributed by atoms with Gasteiger partial charge < -0.3 is 10.7 Å². The molecular formula is C7H12N4O2S2. The lowest BCUT2D eigenvalue weighted by atomic mass is 10.4. The first-order valence-electron chi connectivity index (χ1n) is 4.23. The molecule has 0 bridgehead atoms. The van der Waals surface area contributed by atoms with Crippen LogP contribution in [-0.4, -0.2) is 35.7 Å². The molecule has 0 aliphatic heterocycles. The van der Waals surface area contributed by atoms with E-state index < -0.39 is 10.0 Å². The number of H-pyrrole nitrogens is 1. The van der Waals surface area contributed by atoms with Crippen LogP contribution in [-0.2, 0) is 16.4 Å². The minimum absolute atomic E-state index is 0.0412. The summed E-state index contributed by atoms with van der Waals surface area (Å²) < 4.78 is 24.9. The second kappa shape index (κ2) is 5.19. The van der Waals surface area contributed by atoms with E-state index in [4.69, 9.17) is 5.73 Å². The number of hydrogen-bond acceptors (Lipinski definition) is 4. The first-order chi connectivity index (χ1) is 6.99. The molecule has 0 amide bonds. The Kier molecular flexibility index (Phi) is 4.18. The van der Waals surface area contributed by atoms with E-state index >= 15 is 0 Å². The van der Waals surface area contributed by atoms with Crippen molar-refractivity contribution >= 4 is 27.2 Å². The highest BCUT2D eigenvalue weighted by molar-refractivity contribution is 7.92. The molecule has 0 aromatic carbocycles. The second-order valence-electron chi connectivity index (χ2n) is 2.91. The van der Waals surface area contributed by atoms with Crippen molar-refractivity contribution in [2.24, 2.45) is 5.73 Å². The lowest BCUT2D eigenvalue weighted by molar-refractivity contribution is 0.585. The zero-order valence-electron chi connectivity index (χ0n) is 7.93. The molecule has 1 aromatic heterocycles. The average molecular weight is 248 g/mol. The van der Waals surface area contributed by atoms with Crippen LogP contribution in [0.25, 0.3) is 0 Å². The van der Waals surface area contributed by atoms with Gasteiger partial charge in [-0.05, 0) is 0 Å². The van der Waals surface area contributed by atoms with Gasteiger partial charge in [0.2, 0.25) is 10.0 Å². The number of hydrogen-bond donors (Lipinski definition) is 3. The molecule has 0 saturated heterocycles. The van der Waals surface area contributed by atoms with Crippen molar-refractivity contribution in [3.05, 3.63) is 18.2 Å². The van der Waals surface area contributed by atoms with Gasteiger partial charge in [-0.1, -0.05) is 12.2 Å².